The second-order valence-corrected chi connectivity index (χ2v) is 6.51. The van der Waals surface area contributed by atoms with Crippen molar-refractivity contribution in [2.75, 3.05) is 13.1 Å². The average molecular weight is 365 g/mol. The zero-order chi connectivity index (χ0) is 16.5. The van der Waals surface area contributed by atoms with E-state index in [2.05, 4.69) is 15.7 Å². The number of benzene rings is 1. The third-order valence-corrected chi connectivity index (χ3v) is 4.86. The Hall–Kier alpha value is -1.92. The second-order valence-electron chi connectivity index (χ2n) is 6.51. The number of piperidine rings is 1. The van der Waals surface area contributed by atoms with Gasteiger partial charge in [-0.2, -0.15) is 5.10 Å². The van der Waals surface area contributed by atoms with E-state index in [-0.39, 0.29) is 30.2 Å². The predicted octanol–water partition coefficient (Wildman–Crippen LogP) is 2.40. The molecular weight excluding hydrogens is 343 g/mol. The van der Waals surface area contributed by atoms with E-state index in [4.69, 9.17) is 0 Å². The number of hydrogen-bond donors (Lipinski definition) is 2. The molecule has 1 saturated heterocycles. The Balaban J connectivity index is 0.00000182. The average Bonchev–Trinajstić information content (AvgIpc) is 3.19. The molecule has 0 unspecified atom stereocenters. The van der Waals surface area contributed by atoms with Crippen LogP contribution in [0.2, 0.25) is 0 Å². The van der Waals surface area contributed by atoms with Crippen LogP contribution >= 0.6 is 12.4 Å². The highest BCUT2D eigenvalue weighted by Crippen LogP contribution is 2.28. The van der Waals surface area contributed by atoms with Crippen LogP contribution in [0, 0.1) is 5.82 Å². The summed E-state index contributed by atoms with van der Waals surface area (Å²) >= 11 is 0. The van der Waals surface area contributed by atoms with Crippen LogP contribution in [0.5, 0.6) is 0 Å². The number of nitrogens with zero attached hydrogens (tertiary/aromatic N) is 2. The molecule has 5 nitrogen and oxygen atoms in total. The number of aromatic nitrogens is 2. The van der Waals surface area contributed by atoms with Crippen LogP contribution in [0.1, 0.15) is 41.0 Å². The minimum Gasteiger partial charge on any atom is -0.347 e. The highest BCUT2D eigenvalue weighted by Gasteiger charge is 2.28. The molecule has 2 N–H and O–H groups in total. The fourth-order valence-corrected chi connectivity index (χ4v) is 3.67. The summed E-state index contributed by atoms with van der Waals surface area (Å²) in [6.45, 7) is 1.80. The molecule has 7 heteroatoms. The molecule has 1 aromatic heterocycles. The number of carbonyl (C=O) groups excluding carboxylic acids is 1. The lowest BCUT2D eigenvalue weighted by atomic mass is 10.1. The Bertz CT molecular complexity index is 770. The minimum absolute atomic E-state index is 0. The van der Waals surface area contributed by atoms with Gasteiger partial charge < -0.3 is 10.6 Å². The van der Waals surface area contributed by atoms with Gasteiger partial charge in [0.2, 0.25) is 0 Å². The van der Waals surface area contributed by atoms with Gasteiger partial charge in [0.1, 0.15) is 11.5 Å². The van der Waals surface area contributed by atoms with E-state index >= 15 is 0 Å². The minimum atomic E-state index is -0.321. The number of fused-ring (bicyclic) bond motifs is 1. The van der Waals surface area contributed by atoms with E-state index in [9.17, 15) is 9.18 Å². The molecule has 0 radical (unpaired) electrons. The number of hydrogen-bond acceptors (Lipinski definition) is 3. The van der Waals surface area contributed by atoms with Crippen molar-refractivity contribution in [1.29, 1.82) is 0 Å². The molecule has 1 aliphatic heterocycles. The van der Waals surface area contributed by atoms with E-state index in [1.165, 1.54) is 6.07 Å². The highest BCUT2D eigenvalue weighted by molar-refractivity contribution is 5.94. The first-order valence-electron chi connectivity index (χ1n) is 8.61. The molecular formula is C18H22ClFN4O. The van der Waals surface area contributed by atoms with Gasteiger partial charge in [-0.25, -0.2) is 9.07 Å². The number of rotatable bonds is 3. The van der Waals surface area contributed by atoms with Gasteiger partial charge in [-0.05, 0) is 50.8 Å². The van der Waals surface area contributed by atoms with Crippen molar-refractivity contribution in [3.63, 3.8) is 0 Å². The number of nitrogens with one attached hydrogen (secondary N) is 2. The maximum atomic E-state index is 14.2. The van der Waals surface area contributed by atoms with E-state index in [0.717, 1.165) is 56.5 Å². The van der Waals surface area contributed by atoms with Crippen LogP contribution in [0.4, 0.5) is 4.39 Å². The van der Waals surface area contributed by atoms with Gasteiger partial charge in [0.15, 0.2) is 5.69 Å². The fraction of sp³-hybridized carbons (Fsp3) is 0.444. The maximum absolute atomic E-state index is 14.2. The summed E-state index contributed by atoms with van der Waals surface area (Å²) in [6.07, 6.45) is 4.68. The summed E-state index contributed by atoms with van der Waals surface area (Å²) in [4.78, 5) is 12.7. The first kappa shape index (κ1) is 17.9. The van der Waals surface area contributed by atoms with Gasteiger partial charge in [0.05, 0.1) is 0 Å². The van der Waals surface area contributed by atoms with Gasteiger partial charge >= 0.3 is 0 Å². The topological polar surface area (TPSA) is 59.0 Å². The maximum Gasteiger partial charge on any atom is 0.272 e. The molecule has 1 amide bonds. The molecule has 2 aliphatic rings. The third-order valence-electron chi connectivity index (χ3n) is 4.86. The predicted molar refractivity (Wildman–Crippen MR) is 96.2 cm³/mol. The lowest BCUT2D eigenvalue weighted by Gasteiger charge is -2.23. The fourth-order valence-electron chi connectivity index (χ4n) is 3.67. The van der Waals surface area contributed by atoms with Crippen LogP contribution in [0.15, 0.2) is 24.3 Å². The van der Waals surface area contributed by atoms with Gasteiger partial charge in [0.25, 0.3) is 5.91 Å². The molecule has 1 aromatic carbocycles. The Kier molecular flexibility index (Phi) is 5.39. The lowest BCUT2D eigenvalue weighted by molar-refractivity contribution is 0.0924. The van der Waals surface area contributed by atoms with Gasteiger partial charge in [-0.15, -0.1) is 12.4 Å². The molecule has 134 valence electrons. The van der Waals surface area contributed by atoms with Crippen LogP contribution in [-0.4, -0.2) is 34.8 Å². The van der Waals surface area contributed by atoms with E-state index in [1.54, 1.807) is 22.9 Å². The zero-order valence-corrected chi connectivity index (χ0v) is 14.7. The standard InChI is InChI=1S/C18H21FN4O.ClH/c19-14-7-1-2-8-16(14)23-15-9-3-6-13(15)17(22-23)18(24)21-12-5-4-10-20-11-12;/h1-2,7-8,12,20H,3-6,9-11H2,(H,21,24);1H/t12-;/m0./s1. The smallest absolute Gasteiger partial charge is 0.272 e. The Morgan fingerprint density at radius 1 is 1.28 bits per heavy atom. The van der Waals surface area contributed by atoms with Crippen LogP contribution < -0.4 is 10.6 Å². The van der Waals surface area contributed by atoms with Gasteiger partial charge in [-0.1, -0.05) is 12.1 Å². The van der Waals surface area contributed by atoms with Crippen molar-refractivity contribution in [2.45, 2.75) is 38.1 Å². The van der Waals surface area contributed by atoms with Crippen molar-refractivity contribution in [1.82, 2.24) is 20.4 Å². The molecule has 2 aromatic rings. The van der Waals surface area contributed by atoms with E-state index in [0.29, 0.717) is 11.4 Å². The normalized spacial score (nSPS) is 19.2. The number of carbonyl (C=O) groups is 1. The Labute approximate surface area is 152 Å². The van der Waals surface area contributed by atoms with Crippen molar-refractivity contribution < 1.29 is 9.18 Å². The van der Waals surface area contributed by atoms with E-state index in [1.807, 2.05) is 0 Å². The van der Waals surface area contributed by atoms with Gasteiger partial charge in [0, 0.05) is 23.8 Å². The summed E-state index contributed by atoms with van der Waals surface area (Å²) in [5.41, 5.74) is 2.80. The molecule has 1 atom stereocenters. The van der Waals surface area contributed by atoms with Crippen molar-refractivity contribution in [3.8, 4) is 5.69 Å². The summed E-state index contributed by atoms with van der Waals surface area (Å²) in [7, 11) is 0. The molecule has 1 aliphatic carbocycles. The molecule has 4 rings (SSSR count). The molecule has 2 heterocycles. The lowest BCUT2D eigenvalue weighted by Crippen LogP contribution is -2.45. The first-order valence-corrected chi connectivity index (χ1v) is 8.61. The van der Waals surface area contributed by atoms with Crippen molar-refractivity contribution >= 4 is 18.3 Å². The third kappa shape index (κ3) is 3.41. The molecule has 1 fully saturated rings. The van der Waals surface area contributed by atoms with Crippen LogP contribution in [0.3, 0.4) is 0 Å². The summed E-state index contributed by atoms with van der Waals surface area (Å²) in [6, 6.07) is 6.71. The van der Waals surface area contributed by atoms with Crippen molar-refractivity contribution in [2.24, 2.45) is 0 Å². The second kappa shape index (κ2) is 7.54. The van der Waals surface area contributed by atoms with Crippen molar-refractivity contribution in [3.05, 3.63) is 47.0 Å². The molecule has 0 saturated carbocycles. The van der Waals surface area contributed by atoms with Crippen LogP contribution in [-0.2, 0) is 12.8 Å². The highest BCUT2D eigenvalue weighted by atomic mass is 35.5. The largest absolute Gasteiger partial charge is 0.347 e. The van der Waals surface area contributed by atoms with Gasteiger partial charge in [-0.3, -0.25) is 4.79 Å². The zero-order valence-electron chi connectivity index (χ0n) is 13.9. The Morgan fingerprint density at radius 3 is 2.88 bits per heavy atom. The Morgan fingerprint density at radius 2 is 2.12 bits per heavy atom. The molecule has 25 heavy (non-hydrogen) atoms. The molecule has 0 bridgehead atoms. The number of halogens is 2. The SMILES string of the molecule is Cl.O=C(N[C@H]1CCCNC1)c1nn(-c2ccccc2F)c2c1CCC2. The van der Waals surface area contributed by atoms with E-state index < -0.39 is 0 Å². The quantitative estimate of drug-likeness (QED) is 0.879. The number of amides is 1. The first-order chi connectivity index (χ1) is 11.7. The van der Waals surface area contributed by atoms with Crippen LogP contribution in [0.25, 0.3) is 5.69 Å². The monoisotopic (exact) mass is 364 g/mol. The summed E-state index contributed by atoms with van der Waals surface area (Å²) < 4.78 is 15.8. The number of para-hydroxylation sites is 1. The summed E-state index contributed by atoms with van der Waals surface area (Å²) in [5, 5.41) is 10.8. The molecule has 0 spiro atoms. The summed E-state index contributed by atoms with van der Waals surface area (Å²) in [5.74, 6) is -0.463.